The molecule has 2 aromatic carbocycles. The Morgan fingerprint density at radius 1 is 1.06 bits per heavy atom. The van der Waals surface area contributed by atoms with Crippen molar-refractivity contribution in [3.63, 3.8) is 0 Å². The van der Waals surface area contributed by atoms with Crippen molar-refractivity contribution >= 4 is 17.1 Å². The Labute approximate surface area is 189 Å². The molecule has 31 heavy (non-hydrogen) atoms. The lowest BCUT2D eigenvalue weighted by Gasteiger charge is -2.31. The van der Waals surface area contributed by atoms with E-state index in [1.54, 1.807) is 0 Å². The molecule has 1 fully saturated rings. The van der Waals surface area contributed by atoms with Crippen molar-refractivity contribution in [3.8, 4) is 0 Å². The molecule has 1 heterocycles. The summed E-state index contributed by atoms with van der Waals surface area (Å²) in [6.45, 7) is 11.9. The van der Waals surface area contributed by atoms with E-state index in [0.717, 1.165) is 44.6 Å². The molecule has 3 nitrogen and oxygen atoms in total. The van der Waals surface area contributed by atoms with Crippen LogP contribution in [-0.2, 0) is 6.42 Å². The molecule has 0 radical (unpaired) electrons. The summed E-state index contributed by atoms with van der Waals surface area (Å²) < 4.78 is 0. The van der Waals surface area contributed by atoms with Gasteiger partial charge in [-0.05, 0) is 56.7 Å². The highest BCUT2D eigenvalue weighted by molar-refractivity contribution is 5.75. The SMILES string of the molecule is C=C(NCC/C=C(\NC)c1ccccc1CCC)c1cc(C)ccc1N1CCCCC1. The summed E-state index contributed by atoms with van der Waals surface area (Å²) in [6, 6.07) is 15.5. The molecule has 0 spiro atoms. The van der Waals surface area contributed by atoms with Gasteiger partial charge in [0, 0.05) is 54.9 Å². The smallest absolute Gasteiger partial charge is 0.0460 e. The fourth-order valence-electron chi connectivity index (χ4n) is 4.45. The third kappa shape index (κ3) is 6.16. The van der Waals surface area contributed by atoms with Crippen molar-refractivity contribution in [2.24, 2.45) is 0 Å². The fourth-order valence-corrected chi connectivity index (χ4v) is 4.45. The lowest BCUT2D eigenvalue weighted by Crippen LogP contribution is -2.30. The van der Waals surface area contributed by atoms with Crippen LogP contribution in [0.2, 0.25) is 0 Å². The highest BCUT2D eigenvalue weighted by atomic mass is 15.1. The third-order valence-electron chi connectivity index (χ3n) is 6.10. The van der Waals surface area contributed by atoms with Crippen molar-refractivity contribution in [1.82, 2.24) is 10.6 Å². The second-order valence-corrected chi connectivity index (χ2v) is 8.54. The molecule has 3 heteroatoms. The first kappa shape index (κ1) is 23.0. The molecule has 2 N–H and O–H groups in total. The molecule has 0 aromatic heterocycles. The van der Waals surface area contributed by atoms with Gasteiger partial charge in [0.25, 0.3) is 0 Å². The molecule has 3 rings (SSSR count). The molecule has 0 amide bonds. The van der Waals surface area contributed by atoms with Crippen LogP contribution in [0.15, 0.2) is 55.1 Å². The van der Waals surface area contributed by atoms with Gasteiger partial charge >= 0.3 is 0 Å². The van der Waals surface area contributed by atoms with Crippen LogP contribution >= 0.6 is 0 Å². The van der Waals surface area contributed by atoms with Crippen LogP contribution in [0.3, 0.4) is 0 Å². The average Bonchev–Trinajstić information content (AvgIpc) is 2.80. The summed E-state index contributed by atoms with van der Waals surface area (Å²) in [4.78, 5) is 2.52. The first-order chi connectivity index (χ1) is 15.1. The van der Waals surface area contributed by atoms with E-state index in [4.69, 9.17) is 0 Å². The maximum absolute atomic E-state index is 4.38. The first-order valence-corrected chi connectivity index (χ1v) is 11.9. The number of rotatable bonds is 10. The largest absolute Gasteiger partial charge is 0.388 e. The molecular formula is C28H39N3. The van der Waals surface area contributed by atoms with Gasteiger partial charge in [0.1, 0.15) is 0 Å². The highest BCUT2D eigenvalue weighted by Gasteiger charge is 2.16. The van der Waals surface area contributed by atoms with Crippen LogP contribution in [0.25, 0.3) is 11.4 Å². The zero-order valence-electron chi connectivity index (χ0n) is 19.6. The van der Waals surface area contributed by atoms with E-state index in [1.807, 2.05) is 7.05 Å². The zero-order valence-corrected chi connectivity index (χ0v) is 19.6. The van der Waals surface area contributed by atoms with Gasteiger partial charge < -0.3 is 15.5 Å². The summed E-state index contributed by atoms with van der Waals surface area (Å²) in [6.07, 6.45) is 9.42. The number of anilines is 1. The Kier molecular flexibility index (Phi) is 8.63. The van der Waals surface area contributed by atoms with Gasteiger partial charge in [-0.25, -0.2) is 0 Å². The molecule has 1 aliphatic heterocycles. The molecule has 0 saturated carbocycles. The summed E-state index contributed by atoms with van der Waals surface area (Å²) in [5.41, 5.74) is 8.81. The summed E-state index contributed by atoms with van der Waals surface area (Å²) in [5.74, 6) is 0. The van der Waals surface area contributed by atoms with E-state index in [-0.39, 0.29) is 0 Å². The van der Waals surface area contributed by atoms with Crippen LogP contribution in [0, 0.1) is 6.92 Å². The molecule has 1 saturated heterocycles. The van der Waals surface area contributed by atoms with Crippen molar-refractivity contribution < 1.29 is 0 Å². The van der Waals surface area contributed by atoms with Crippen LogP contribution in [0.5, 0.6) is 0 Å². The standard InChI is InChI=1S/C28H39N3/c1-5-12-24-13-7-8-14-25(24)27(29-4)15-11-18-30-23(3)26-21-22(2)16-17-28(26)31-19-9-6-10-20-31/h7-8,13-17,21,29-30H,3,5-6,9-12,18-20H2,1-2,4H3/b27-15-. The van der Waals surface area contributed by atoms with Gasteiger partial charge in [-0.3, -0.25) is 0 Å². The summed E-state index contributed by atoms with van der Waals surface area (Å²) in [5, 5.41) is 6.98. The van der Waals surface area contributed by atoms with Gasteiger partial charge in [0.2, 0.25) is 0 Å². The monoisotopic (exact) mass is 417 g/mol. The maximum Gasteiger partial charge on any atom is 0.0460 e. The normalized spacial score (nSPS) is 14.4. The Morgan fingerprint density at radius 3 is 2.58 bits per heavy atom. The number of aryl methyl sites for hydroxylation is 2. The van der Waals surface area contributed by atoms with Crippen molar-refractivity contribution in [3.05, 3.63) is 77.4 Å². The zero-order chi connectivity index (χ0) is 22.1. The molecule has 0 bridgehead atoms. The van der Waals surface area contributed by atoms with E-state index >= 15 is 0 Å². The minimum atomic E-state index is 0.868. The van der Waals surface area contributed by atoms with E-state index < -0.39 is 0 Å². The number of hydrogen-bond donors (Lipinski definition) is 2. The van der Waals surface area contributed by atoms with Crippen molar-refractivity contribution in [2.75, 3.05) is 31.6 Å². The number of piperidine rings is 1. The summed E-state index contributed by atoms with van der Waals surface area (Å²) in [7, 11) is 2.01. The van der Waals surface area contributed by atoms with Gasteiger partial charge in [0.05, 0.1) is 0 Å². The van der Waals surface area contributed by atoms with E-state index in [1.165, 1.54) is 52.9 Å². The van der Waals surface area contributed by atoms with Gasteiger partial charge in [0.15, 0.2) is 0 Å². The van der Waals surface area contributed by atoms with E-state index in [9.17, 15) is 0 Å². The Balaban J connectivity index is 1.65. The van der Waals surface area contributed by atoms with Crippen molar-refractivity contribution in [2.45, 2.75) is 52.4 Å². The molecular weight excluding hydrogens is 378 g/mol. The quantitative estimate of drug-likeness (QED) is 0.454. The van der Waals surface area contributed by atoms with Gasteiger partial charge in [-0.2, -0.15) is 0 Å². The third-order valence-corrected chi connectivity index (χ3v) is 6.10. The molecule has 0 atom stereocenters. The fraction of sp³-hybridized carbons (Fsp3) is 0.429. The molecule has 1 aliphatic rings. The molecule has 0 aliphatic carbocycles. The highest BCUT2D eigenvalue weighted by Crippen LogP contribution is 2.29. The minimum Gasteiger partial charge on any atom is -0.388 e. The second kappa shape index (κ2) is 11.6. The Bertz CT molecular complexity index is 891. The van der Waals surface area contributed by atoms with Crippen LogP contribution < -0.4 is 15.5 Å². The van der Waals surface area contributed by atoms with Crippen LogP contribution in [0.1, 0.15) is 61.3 Å². The van der Waals surface area contributed by atoms with Crippen molar-refractivity contribution in [1.29, 1.82) is 0 Å². The number of nitrogens with zero attached hydrogens (tertiary/aromatic N) is 1. The Hall–Kier alpha value is -2.68. The minimum absolute atomic E-state index is 0.868. The van der Waals surface area contributed by atoms with Crippen LogP contribution in [0.4, 0.5) is 5.69 Å². The average molecular weight is 418 g/mol. The number of benzene rings is 2. The molecule has 0 unspecified atom stereocenters. The van der Waals surface area contributed by atoms with E-state index in [0.29, 0.717) is 0 Å². The van der Waals surface area contributed by atoms with Gasteiger partial charge in [-0.15, -0.1) is 0 Å². The second-order valence-electron chi connectivity index (χ2n) is 8.54. The summed E-state index contributed by atoms with van der Waals surface area (Å²) >= 11 is 0. The molecule has 2 aromatic rings. The lowest BCUT2D eigenvalue weighted by atomic mass is 10.00. The lowest BCUT2D eigenvalue weighted by molar-refractivity contribution is 0.577. The predicted octanol–water partition coefficient (Wildman–Crippen LogP) is 6.15. The van der Waals surface area contributed by atoms with E-state index in [2.05, 4.69) is 84.5 Å². The number of hydrogen-bond acceptors (Lipinski definition) is 3. The topological polar surface area (TPSA) is 27.3 Å². The van der Waals surface area contributed by atoms with Crippen LogP contribution in [-0.4, -0.2) is 26.7 Å². The Morgan fingerprint density at radius 2 is 1.84 bits per heavy atom. The maximum atomic E-state index is 4.38. The number of nitrogens with one attached hydrogen (secondary N) is 2. The van der Waals surface area contributed by atoms with Gasteiger partial charge in [-0.1, -0.05) is 61.9 Å². The molecule has 166 valence electrons. The predicted molar refractivity (Wildman–Crippen MR) is 136 cm³/mol. The first-order valence-electron chi connectivity index (χ1n) is 11.9.